The van der Waals surface area contributed by atoms with Crippen LogP contribution in [0.2, 0.25) is 0 Å². The van der Waals surface area contributed by atoms with Gasteiger partial charge in [0.05, 0.1) is 19.4 Å². The molecule has 1 amide bonds. The molecule has 1 N–H and O–H groups in total. The number of benzene rings is 1. The van der Waals surface area contributed by atoms with Gasteiger partial charge in [-0.05, 0) is 37.3 Å². The molecule has 5 nitrogen and oxygen atoms in total. The Morgan fingerprint density at radius 3 is 2.82 bits per heavy atom. The van der Waals surface area contributed by atoms with Crippen molar-refractivity contribution in [3.8, 4) is 5.75 Å². The quantitative estimate of drug-likeness (QED) is 0.800. The number of hydrogen-bond donors (Lipinski definition) is 1. The lowest BCUT2D eigenvalue weighted by Gasteiger charge is -2.22. The summed E-state index contributed by atoms with van der Waals surface area (Å²) < 4.78 is 10.6. The molecule has 3 aromatic rings. The van der Waals surface area contributed by atoms with Crippen LogP contribution in [0.25, 0.3) is 10.9 Å². The van der Waals surface area contributed by atoms with Crippen molar-refractivity contribution in [2.45, 2.75) is 13.0 Å². The smallest absolute Gasteiger partial charge is 0.270 e. The minimum atomic E-state index is -0.136. The van der Waals surface area contributed by atoms with Crippen molar-refractivity contribution < 1.29 is 13.9 Å². The standard InChI is InChI=1S/C17H18N2O3/c1-11(16-5-4-8-22-16)19(2)17(20)15-9-12-6-7-13(21-3)10-14(12)18-15/h4-11,18H,1-3H3. The van der Waals surface area contributed by atoms with Crippen molar-refractivity contribution in [2.75, 3.05) is 14.2 Å². The predicted molar refractivity (Wildman–Crippen MR) is 84.1 cm³/mol. The topological polar surface area (TPSA) is 58.5 Å². The average molecular weight is 298 g/mol. The van der Waals surface area contributed by atoms with E-state index in [9.17, 15) is 4.79 Å². The monoisotopic (exact) mass is 298 g/mol. The number of amides is 1. The summed E-state index contributed by atoms with van der Waals surface area (Å²) in [6, 6.07) is 11.1. The zero-order chi connectivity index (χ0) is 15.7. The number of carbonyl (C=O) groups excluding carboxylic acids is 1. The van der Waals surface area contributed by atoms with Crippen LogP contribution >= 0.6 is 0 Å². The lowest BCUT2D eigenvalue weighted by Crippen LogP contribution is -2.29. The number of nitrogens with one attached hydrogen (secondary N) is 1. The van der Waals surface area contributed by atoms with Gasteiger partial charge in [-0.2, -0.15) is 0 Å². The Balaban J connectivity index is 1.88. The normalized spacial score (nSPS) is 12.3. The van der Waals surface area contributed by atoms with E-state index in [-0.39, 0.29) is 11.9 Å². The number of aromatic amines is 1. The van der Waals surface area contributed by atoms with Crippen LogP contribution in [-0.2, 0) is 0 Å². The number of furan rings is 1. The number of rotatable bonds is 4. The van der Waals surface area contributed by atoms with E-state index in [0.29, 0.717) is 5.69 Å². The van der Waals surface area contributed by atoms with E-state index < -0.39 is 0 Å². The molecule has 1 atom stereocenters. The van der Waals surface area contributed by atoms with Crippen LogP contribution in [0.5, 0.6) is 5.75 Å². The first-order chi connectivity index (χ1) is 10.6. The number of methoxy groups -OCH3 is 1. The second kappa shape index (κ2) is 5.60. The molecule has 0 fully saturated rings. The lowest BCUT2D eigenvalue weighted by molar-refractivity contribution is 0.0721. The minimum Gasteiger partial charge on any atom is -0.497 e. The first-order valence-corrected chi connectivity index (χ1v) is 7.07. The predicted octanol–water partition coefficient (Wildman–Crippen LogP) is 3.60. The van der Waals surface area contributed by atoms with Gasteiger partial charge in [0.15, 0.2) is 0 Å². The summed E-state index contributed by atoms with van der Waals surface area (Å²) in [5.41, 5.74) is 1.42. The first kappa shape index (κ1) is 14.3. The third-order valence-corrected chi connectivity index (χ3v) is 3.92. The summed E-state index contributed by atoms with van der Waals surface area (Å²) in [6.07, 6.45) is 1.61. The molecular weight excluding hydrogens is 280 g/mol. The maximum absolute atomic E-state index is 12.6. The molecule has 0 bridgehead atoms. The van der Waals surface area contributed by atoms with Crippen LogP contribution in [0, 0.1) is 0 Å². The number of hydrogen-bond acceptors (Lipinski definition) is 3. The van der Waals surface area contributed by atoms with Crippen molar-refractivity contribution in [1.29, 1.82) is 0 Å². The van der Waals surface area contributed by atoms with Gasteiger partial charge in [-0.25, -0.2) is 0 Å². The molecule has 1 aromatic carbocycles. The third-order valence-electron chi connectivity index (χ3n) is 3.92. The molecule has 5 heteroatoms. The molecule has 2 aromatic heterocycles. The van der Waals surface area contributed by atoms with Crippen molar-refractivity contribution in [1.82, 2.24) is 9.88 Å². The second-order valence-electron chi connectivity index (χ2n) is 5.24. The Labute approximate surface area is 128 Å². The minimum absolute atomic E-state index is 0.0842. The van der Waals surface area contributed by atoms with E-state index in [1.54, 1.807) is 25.3 Å². The number of nitrogens with zero attached hydrogens (tertiary/aromatic N) is 1. The number of ether oxygens (including phenoxy) is 1. The van der Waals surface area contributed by atoms with Crippen LogP contribution in [0.1, 0.15) is 29.2 Å². The van der Waals surface area contributed by atoms with E-state index in [1.807, 2.05) is 43.3 Å². The Morgan fingerprint density at radius 2 is 2.14 bits per heavy atom. The van der Waals surface area contributed by atoms with Crippen molar-refractivity contribution in [3.63, 3.8) is 0 Å². The van der Waals surface area contributed by atoms with Crippen LogP contribution in [0.15, 0.2) is 47.1 Å². The highest BCUT2D eigenvalue weighted by atomic mass is 16.5. The highest BCUT2D eigenvalue weighted by Gasteiger charge is 2.22. The molecule has 114 valence electrons. The second-order valence-corrected chi connectivity index (χ2v) is 5.24. The van der Waals surface area contributed by atoms with Gasteiger partial charge in [0.1, 0.15) is 17.2 Å². The van der Waals surface area contributed by atoms with Gasteiger partial charge in [0.25, 0.3) is 5.91 Å². The van der Waals surface area contributed by atoms with Crippen molar-refractivity contribution >= 4 is 16.8 Å². The average Bonchev–Trinajstić information content (AvgIpc) is 3.20. The van der Waals surface area contributed by atoms with E-state index in [1.165, 1.54) is 0 Å². The molecule has 0 aliphatic carbocycles. The summed E-state index contributed by atoms with van der Waals surface area (Å²) in [5, 5.41) is 0.975. The Bertz CT molecular complexity index is 789. The van der Waals surface area contributed by atoms with Gasteiger partial charge in [-0.3, -0.25) is 4.79 Å². The third kappa shape index (κ3) is 2.45. The Morgan fingerprint density at radius 1 is 1.32 bits per heavy atom. The van der Waals surface area contributed by atoms with Gasteiger partial charge < -0.3 is 19.0 Å². The summed E-state index contributed by atoms with van der Waals surface area (Å²) in [5.74, 6) is 1.43. The van der Waals surface area contributed by atoms with E-state index >= 15 is 0 Å². The van der Waals surface area contributed by atoms with Gasteiger partial charge in [0.2, 0.25) is 0 Å². The van der Waals surface area contributed by atoms with Crippen LogP contribution in [-0.4, -0.2) is 29.9 Å². The molecule has 22 heavy (non-hydrogen) atoms. The molecular formula is C17H18N2O3. The summed E-state index contributed by atoms with van der Waals surface area (Å²) >= 11 is 0. The van der Waals surface area contributed by atoms with E-state index in [2.05, 4.69) is 4.98 Å². The molecule has 1 unspecified atom stereocenters. The van der Waals surface area contributed by atoms with Crippen LogP contribution < -0.4 is 4.74 Å². The van der Waals surface area contributed by atoms with Gasteiger partial charge in [0, 0.05) is 24.0 Å². The van der Waals surface area contributed by atoms with E-state index in [0.717, 1.165) is 22.4 Å². The fourth-order valence-electron chi connectivity index (χ4n) is 2.43. The molecule has 0 aliphatic rings. The van der Waals surface area contributed by atoms with Gasteiger partial charge in [-0.1, -0.05) is 0 Å². The van der Waals surface area contributed by atoms with Gasteiger partial charge in [-0.15, -0.1) is 0 Å². The number of fused-ring (bicyclic) bond motifs is 1. The maximum Gasteiger partial charge on any atom is 0.270 e. The number of carbonyl (C=O) groups is 1. The fourth-order valence-corrected chi connectivity index (χ4v) is 2.43. The Hall–Kier alpha value is -2.69. The maximum atomic E-state index is 12.6. The zero-order valence-electron chi connectivity index (χ0n) is 12.8. The first-order valence-electron chi connectivity index (χ1n) is 7.07. The van der Waals surface area contributed by atoms with Crippen LogP contribution in [0.3, 0.4) is 0 Å². The summed E-state index contributed by atoms with van der Waals surface area (Å²) in [4.78, 5) is 17.4. The molecule has 0 saturated heterocycles. The lowest BCUT2D eigenvalue weighted by atomic mass is 10.2. The fraction of sp³-hybridized carbons (Fsp3) is 0.235. The van der Waals surface area contributed by atoms with Gasteiger partial charge >= 0.3 is 0 Å². The largest absolute Gasteiger partial charge is 0.497 e. The number of aromatic nitrogens is 1. The number of H-pyrrole nitrogens is 1. The Kier molecular flexibility index (Phi) is 3.63. The molecule has 2 heterocycles. The highest BCUT2D eigenvalue weighted by molar-refractivity contribution is 5.98. The molecule has 3 rings (SSSR count). The zero-order valence-corrected chi connectivity index (χ0v) is 12.8. The highest BCUT2D eigenvalue weighted by Crippen LogP contribution is 2.24. The van der Waals surface area contributed by atoms with Crippen molar-refractivity contribution in [2.24, 2.45) is 0 Å². The molecule has 0 spiro atoms. The summed E-state index contributed by atoms with van der Waals surface area (Å²) in [7, 11) is 3.39. The van der Waals surface area contributed by atoms with E-state index in [4.69, 9.17) is 9.15 Å². The van der Waals surface area contributed by atoms with Crippen LogP contribution in [0.4, 0.5) is 0 Å². The van der Waals surface area contributed by atoms with Crippen molar-refractivity contribution in [3.05, 3.63) is 54.1 Å². The molecule has 0 saturated carbocycles. The molecule has 0 aliphatic heterocycles. The SMILES string of the molecule is COc1ccc2cc(C(=O)N(C)C(C)c3ccco3)[nH]c2c1. The summed E-state index contributed by atoms with van der Waals surface area (Å²) in [6.45, 7) is 1.93. The molecule has 0 radical (unpaired) electrons.